The first kappa shape index (κ1) is 11.4. The molecule has 1 fully saturated rings. The summed E-state index contributed by atoms with van der Waals surface area (Å²) in [6.07, 6.45) is 0.128. The number of aliphatic carboxylic acids is 1. The molecular weight excluding hydrogens is 184 g/mol. The van der Waals surface area contributed by atoms with Crippen LogP contribution in [-0.2, 0) is 9.53 Å². The van der Waals surface area contributed by atoms with Gasteiger partial charge >= 0.3 is 5.97 Å². The Kier molecular flexibility index (Phi) is 4.86. The largest absolute Gasteiger partial charge is 0.480 e. The third-order valence-corrected chi connectivity index (χ3v) is 2.32. The zero-order chi connectivity index (χ0) is 10.4. The number of carboxylic acids is 1. The predicted molar refractivity (Wildman–Crippen MR) is 52.4 cm³/mol. The van der Waals surface area contributed by atoms with Crippen LogP contribution >= 0.6 is 0 Å². The molecule has 0 radical (unpaired) electrons. The number of nitrogens with zero attached hydrogens (tertiary/aromatic N) is 1. The van der Waals surface area contributed by atoms with Gasteiger partial charge in [-0.05, 0) is 6.54 Å². The van der Waals surface area contributed by atoms with Gasteiger partial charge in [-0.15, -0.1) is 0 Å². The lowest BCUT2D eigenvalue weighted by Crippen LogP contribution is -2.47. The monoisotopic (exact) mass is 202 g/mol. The number of carboxylic acid groups (broad SMARTS) is 1. The van der Waals surface area contributed by atoms with Gasteiger partial charge in [0.25, 0.3) is 0 Å². The van der Waals surface area contributed by atoms with Crippen LogP contribution in [0.3, 0.4) is 0 Å². The summed E-state index contributed by atoms with van der Waals surface area (Å²) in [5.74, 6) is -0.826. The molecule has 82 valence electrons. The van der Waals surface area contributed by atoms with E-state index in [1.54, 1.807) is 0 Å². The van der Waals surface area contributed by atoms with E-state index in [0.29, 0.717) is 6.54 Å². The van der Waals surface area contributed by atoms with Gasteiger partial charge in [-0.25, -0.2) is 0 Å². The Morgan fingerprint density at radius 3 is 3.14 bits per heavy atom. The average molecular weight is 202 g/mol. The van der Waals surface area contributed by atoms with Crippen LogP contribution in [0, 0.1) is 0 Å². The minimum Gasteiger partial charge on any atom is -0.480 e. The second-order valence-electron chi connectivity index (χ2n) is 3.41. The highest BCUT2D eigenvalue weighted by Gasteiger charge is 2.18. The fourth-order valence-electron chi connectivity index (χ4n) is 1.53. The van der Waals surface area contributed by atoms with Crippen LogP contribution in [0.2, 0.25) is 0 Å². The molecule has 0 saturated carbocycles. The summed E-state index contributed by atoms with van der Waals surface area (Å²) >= 11 is 0. The number of morpholine rings is 1. The molecular formula is C9H18N2O3. The molecule has 14 heavy (non-hydrogen) atoms. The predicted octanol–water partition coefficient (Wildman–Crippen LogP) is -0.619. The molecule has 0 aromatic rings. The van der Waals surface area contributed by atoms with E-state index < -0.39 is 5.97 Å². The van der Waals surface area contributed by atoms with Gasteiger partial charge in [-0.3, -0.25) is 9.69 Å². The van der Waals surface area contributed by atoms with E-state index in [1.165, 1.54) is 0 Å². The van der Waals surface area contributed by atoms with E-state index in [2.05, 4.69) is 17.1 Å². The highest BCUT2D eigenvalue weighted by molar-refractivity contribution is 5.68. The van der Waals surface area contributed by atoms with Crippen molar-refractivity contribution >= 4 is 5.97 Å². The molecule has 0 spiro atoms. The second kappa shape index (κ2) is 5.95. The first-order chi connectivity index (χ1) is 6.72. The summed E-state index contributed by atoms with van der Waals surface area (Å²) in [6, 6.07) is 0. The van der Waals surface area contributed by atoms with Crippen LogP contribution in [0.4, 0.5) is 0 Å². The highest BCUT2D eigenvalue weighted by atomic mass is 16.5. The molecule has 2 N–H and O–H groups in total. The van der Waals surface area contributed by atoms with Crippen molar-refractivity contribution < 1.29 is 14.6 Å². The number of rotatable bonds is 5. The third-order valence-electron chi connectivity index (χ3n) is 2.32. The molecule has 0 amide bonds. The zero-order valence-corrected chi connectivity index (χ0v) is 8.53. The maximum absolute atomic E-state index is 10.2. The van der Waals surface area contributed by atoms with E-state index in [4.69, 9.17) is 9.84 Å². The summed E-state index contributed by atoms with van der Waals surface area (Å²) < 4.78 is 5.49. The first-order valence-electron chi connectivity index (χ1n) is 4.99. The number of ether oxygens (including phenoxy) is 1. The normalized spacial score (nSPS) is 23.6. The SMILES string of the molecule is CCN1CCOC(CNCC(=O)O)C1. The van der Waals surface area contributed by atoms with Gasteiger partial charge in [0.05, 0.1) is 19.3 Å². The van der Waals surface area contributed by atoms with Crippen LogP contribution in [0.1, 0.15) is 6.92 Å². The summed E-state index contributed by atoms with van der Waals surface area (Å²) in [5, 5.41) is 11.3. The molecule has 1 unspecified atom stereocenters. The van der Waals surface area contributed by atoms with Gasteiger partial charge in [0.15, 0.2) is 0 Å². The first-order valence-corrected chi connectivity index (χ1v) is 4.99. The van der Waals surface area contributed by atoms with Crippen molar-refractivity contribution in [3.05, 3.63) is 0 Å². The molecule has 1 rings (SSSR count). The minimum absolute atomic E-state index is 0.00594. The van der Waals surface area contributed by atoms with Crippen molar-refractivity contribution in [2.45, 2.75) is 13.0 Å². The van der Waals surface area contributed by atoms with Crippen molar-refractivity contribution in [2.75, 3.05) is 39.3 Å². The van der Waals surface area contributed by atoms with Crippen molar-refractivity contribution in [2.24, 2.45) is 0 Å². The van der Waals surface area contributed by atoms with Crippen LogP contribution in [0.25, 0.3) is 0 Å². The number of hydrogen-bond acceptors (Lipinski definition) is 4. The van der Waals surface area contributed by atoms with Crippen molar-refractivity contribution in [1.29, 1.82) is 0 Å². The number of nitrogens with one attached hydrogen (secondary N) is 1. The highest BCUT2D eigenvalue weighted by Crippen LogP contribution is 2.03. The molecule has 1 aliphatic rings. The lowest BCUT2D eigenvalue weighted by atomic mass is 10.2. The third kappa shape index (κ3) is 4.04. The van der Waals surface area contributed by atoms with Gasteiger partial charge in [0, 0.05) is 19.6 Å². The van der Waals surface area contributed by atoms with E-state index in [1.807, 2.05) is 0 Å². The number of likely N-dealkylation sites (N-methyl/N-ethyl adjacent to an activating group) is 1. The summed E-state index contributed by atoms with van der Waals surface area (Å²) in [5.41, 5.74) is 0. The quantitative estimate of drug-likeness (QED) is 0.622. The molecule has 0 aromatic heterocycles. The summed E-state index contributed by atoms with van der Waals surface area (Å²) in [4.78, 5) is 12.5. The maximum Gasteiger partial charge on any atom is 0.317 e. The van der Waals surface area contributed by atoms with Crippen molar-refractivity contribution in [1.82, 2.24) is 10.2 Å². The molecule has 0 bridgehead atoms. The maximum atomic E-state index is 10.2. The molecule has 1 aliphatic heterocycles. The fraction of sp³-hybridized carbons (Fsp3) is 0.889. The standard InChI is InChI=1S/C9H18N2O3/c1-2-11-3-4-14-8(7-11)5-10-6-9(12)13/h8,10H,2-7H2,1H3,(H,12,13). The van der Waals surface area contributed by atoms with Gasteiger partial charge in [0.1, 0.15) is 0 Å². The average Bonchev–Trinajstić information content (AvgIpc) is 2.18. The van der Waals surface area contributed by atoms with E-state index in [0.717, 1.165) is 26.2 Å². The number of hydrogen-bond donors (Lipinski definition) is 2. The van der Waals surface area contributed by atoms with Crippen LogP contribution in [0.15, 0.2) is 0 Å². The Morgan fingerprint density at radius 2 is 2.50 bits per heavy atom. The second-order valence-corrected chi connectivity index (χ2v) is 3.41. The van der Waals surface area contributed by atoms with Gasteiger partial charge in [-0.2, -0.15) is 0 Å². The fourth-order valence-corrected chi connectivity index (χ4v) is 1.53. The lowest BCUT2D eigenvalue weighted by molar-refractivity contribution is -0.136. The molecule has 0 aromatic carbocycles. The topological polar surface area (TPSA) is 61.8 Å². The molecule has 5 nitrogen and oxygen atoms in total. The van der Waals surface area contributed by atoms with Crippen LogP contribution in [-0.4, -0.2) is 61.4 Å². The van der Waals surface area contributed by atoms with E-state index >= 15 is 0 Å². The van der Waals surface area contributed by atoms with Gasteiger partial charge < -0.3 is 15.2 Å². The Labute approximate surface area is 84.0 Å². The zero-order valence-electron chi connectivity index (χ0n) is 8.53. The van der Waals surface area contributed by atoms with Crippen molar-refractivity contribution in [3.8, 4) is 0 Å². The smallest absolute Gasteiger partial charge is 0.317 e. The lowest BCUT2D eigenvalue weighted by Gasteiger charge is -2.32. The molecule has 1 saturated heterocycles. The van der Waals surface area contributed by atoms with E-state index in [9.17, 15) is 4.79 Å². The van der Waals surface area contributed by atoms with E-state index in [-0.39, 0.29) is 12.6 Å². The number of carbonyl (C=O) groups is 1. The Hall–Kier alpha value is -0.650. The minimum atomic E-state index is -0.826. The Morgan fingerprint density at radius 1 is 1.71 bits per heavy atom. The molecule has 5 heteroatoms. The molecule has 0 aliphatic carbocycles. The van der Waals surface area contributed by atoms with Gasteiger partial charge in [0.2, 0.25) is 0 Å². The van der Waals surface area contributed by atoms with Crippen LogP contribution in [0.5, 0.6) is 0 Å². The molecule has 1 heterocycles. The summed E-state index contributed by atoms with van der Waals surface area (Å²) in [6.45, 7) is 6.38. The summed E-state index contributed by atoms with van der Waals surface area (Å²) in [7, 11) is 0. The van der Waals surface area contributed by atoms with Crippen LogP contribution < -0.4 is 5.32 Å². The Bertz CT molecular complexity index is 187. The van der Waals surface area contributed by atoms with Crippen molar-refractivity contribution in [3.63, 3.8) is 0 Å². The van der Waals surface area contributed by atoms with Gasteiger partial charge in [-0.1, -0.05) is 6.92 Å². The molecule has 1 atom stereocenters. The Balaban J connectivity index is 2.14.